The van der Waals surface area contributed by atoms with Crippen LogP contribution in [0.5, 0.6) is 0 Å². The van der Waals surface area contributed by atoms with Gasteiger partial charge in [0, 0.05) is 0 Å². The molecule has 5 heteroatoms. The number of H-pyrrole nitrogens is 1. The fraction of sp³-hybridized carbons (Fsp3) is 0. The van der Waals surface area contributed by atoms with Gasteiger partial charge in [-0.1, -0.05) is 0 Å². The molecule has 9 heavy (non-hydrogen) atoms. The van der Waals surface area contributed by atoms with Gasteiger partial charge in [0.05, 0.1) is 6.33 Å². The Hall–Kier alpha value is -0.970. The third-order valence-electron chi connectivity index (χ3n) is 0.857. The second-order valence-corrected chi connectivity index (χ2v) is 1.91. The molecule has 0 fully saturated rings. The number of hydrogen-bond acceptors (Lipinski definition) is 4. The Balaban J connectivity index is 3.43. The van der Waals surface area contributed by atoms with Crippen molar-refractivity contribution in [1.29, 1.82) is 0 Å². The van der Waals surface area contributed by atoms with E-state index in [2.05, 4.69) is 22.6 Å². The molecule has 0 spiro atoms. The van der Waals surface area contributed by atoms with Crippen LogP contribution in [-0.4, -0.2) is 9.97 Å². The van der Waals surface area contributed by atoms with Crippen molar-refractivity contribution in [1.82, 2.24) is 9.97 Å². The van der Waals surface area contributed by atoms with E-state index in [9.17, 15) is 4.79 Å². The lowest BCUT2D eigenvalue weighted by atomic mass is 10.6. The second-order valence-electron chi connectivity index (χ2n) is 1.47. The second kappa shape index (κ2) is 2.10. The van der Waals surface area contributed by atoms with Crippen LogP contribution in [0.2, 0.25) is 0 Å². The predicted molar refractivity (Wildman–Crippen MR) is 36.5 cm³/mol. The molecule has 0 radical (unpaired) electrons. The van der Waals surface area contributed by atoms with Crippen LogP contribution in [0, 0.1) is 0 Å². The fourth-order valence-electron chi connectivity index (χ4n) is 0.406. The highest BCUT2D eigenvalue weighted by Gasteiger charge is 1.96. The first-order valence-corrected chi connectivity index (χ1v) is 2.68. The number of rotatable bonds is 0. The third kappa shape index (κ3) is 1.05. The van der Waals surface area contributed by atoms with E-state index < -0.39 is 0 Å². The number of thiol groups is 1. The first-order valence-electron chi connectivity index (χ1n) is 2.24. The molecular formula is C4H5N3OS. The first-order chi connectivity index (χ1) is 4.22. The van der Waals surface area contributed by atoms with Crippen molar-refractivity contribution in [3.05, 3.63) is 16.7 Å². The number of nitrogens with zero attached hydrogens (tertiary/aromatic N) is 1. The van der Waals surface area contributed by atoms with E-state index in [-0.39, 0.29) is 16.3 Å². The molecule has 1 aromatic heterocycles. The molecule has 0 aliphatic rings. The molecule has 1 heterocycles. The van der Waals surface area contributed by atoms with Gasteiger partial charge in [-0.3, -0.25) is 4.79 Å². The quantitative estimate of drug-likeness (QED) is 0.434. The van der Waals surface area contributed by atoms with Gasteiger partial charge in [-0.25, -0.2) is 4.98 Å². The molecule has 4 nitrogen and oxygen atoms in total. The first kappa shape index (κ1) is 6.15. The normalized spacial score (nSPS) is 9.44. The van der Waals surface area contributed by atoms with E-state index in [1.165, 1.54) is 6.33 Å². The maximum atomic E-state index is 10.6. The molecule has 0 aromatic carbocycles. The molecule has 1 aromatic rings. The minimum Gasteiger partial charge on any atom is -0.383 e. The van der Waals surface area contributed by atoms with Crippen molar-refractivity contribution in [2.24, 2.45) is 0 Å². The lowest BCUT2D eigenvalue weighted by Crippen LogP contribution is -2.10. The van der Waals surface area contributed by atoms with Gasteiger partial charge in [0.1, 0.15) is 10.7 Å². The lowest BCUT2D eigenvalue weighted by molar-refractivity contribution is 1.06. The number of aromatic amines is 1. The SMILES string of the molecule is Nc1nc[nH]c(=O)c1S. The minimum atomic E-state index is -0.314. The van der Waals surface area contributed by atoms with Crippen LogP contribution in [0.1, 0.15) is 0 Å². The summed E-state index contributed by atoms with van der Waals surface area (Å²) in [5.74, 6) is 0.155. The van der Waals surface area contributed by atoms with Gasteiger partial charge in [-0.05, 0) is 0 Å². The van der Waals surface area contributed by atoms with Crippen LogP contribution in [0.25, 0.3) is 0 Å². The Morgan fingerprint density at radius 2 is 2.44 bits per heavy atom. The zero-order chi connectivity index (χ0) is 6.85. The highest BCUT2D eigenvalue weighted by atomic mass is 32.1. The van der Waals surface area contributed by atoms with E-state index >= 15 is 0 Å². The summed E-state index contributed by atoms with van der Waals surface area (Å²) in [6.07, 6.45) is 1.23. The summed E-state index contributed by atoms with van der Waals surface area (Å²) in [5.41, 5.74) is 4.90. The number of hydrogen-bond donors (Lipinski definition) is 3. The molecule has 0 amide bonds. The number of nitrogen functional groups attached to an aromatic ring is 1. The van der Waals surface area contributed by atoms with E-state index in [0.29, 0.717) is 0 Å². The van der Waals surface area contributed by atoms with Crippen LogP contribution < -0.4 is 11.3 Å². The highest BCUT2D eigenvalue weighted by molar-refractivity contribution is 7.80. The summed E-state index contributed by atoms with van der Waals surface area (Å²) in [5, 5.41) is 0. The third-order valence-corrected chi connectivity index (χ3v) is 1.29. The molecule has 0 aliphatic heterocycles. The molecule has 0 atom stereocenters. The summed E-state index contributed by atoms with van der Waals surface area (Å²) < 4.78 is 0. The van der Waals surface area contributed by atoms with Crippen molar-refractivity contribution >= 4 is 18.4 Å². The van der Waals surface area contributed by atoms with Gasteiger partial charge < -0.3 is 10.7 Å². The molecule has 48 valence electrons. The molecule has 3 N–H and O–H groups in total. The maximum absolute atomic E-state index is 10.6. The van der Waals surface area contributed by atoms with Crippen molar-refractivity contribution in [2.45, 2.75) is 4.90 Å². The van der Waals surface area contributed by atoms with Crippen LogP contribution in [-0.2, 0) is 0 Å². The minimum absolute atomic E-state index is 0.155. The van der Waals surface area contributed by atoms with Gasteiger partial charge >= 0.3 is 0 Å². The molecular weight excluding hydrogens is 138 g/mol. The Kier molecular flexibility index (Phi) is 1.44. The Morgan fingerprint density at radius 3 is 2.89 bits per heavy atom. The lowest BCUT2D eigenvalue weighted by Gasteiger charge is -1.91. The van der Waals surface area contributed by atoms with Crippen molar-refractivity contribution in [3.63, 3.8) is 0 Å². The van der Waals surface area contributed by atoms with Crippen molar-refractivity contribution < 1.29 is 0 Å². The maximum Gasteiger partial charge on any atom is 0.266 e. The van der Waals surface area contributed by atoms with E-state index in [1.807, 2.05) is 0 Å². The molecule has 1 rings (SSSR count). The fourth-order valence-corrected chi connectivity index (χ4v) is 0.529. The monoisotopic (exact) mass is 143 g/mol. The Morgan fingerprint density at radius 1 is 1.78 bits per heavy atom. The topological polar surface area (TPSA) is 71.8 Å². The Bertz CT molecular complexity index is 269. The largest absolute Gasteiger partial charge is 0.383 e. The summed E-state index contributed by atoms with van der Waals surface area (Å²) in [6.45, 7) is 0. The van der Waals surface area contributed by atoms with E-state index in [4.69, 9.17) is 5.73 Å². The Labute approximate surface area is 56.5 Å². The van der Waals surface area contributed by atoms with E-state index in [1.54, 1.807) is 0 Å². The number of nitrogens with two attached hydrogens (primary N) is 1. The van der Waals surface area contributed by atoms with Crippen LogP contribution in [0.3, 0.4) is 0 Å². The number of anilines is 1. The average molecular weight is 143 g/mol. The summed E-state index contributed by atoms with van der Waals surface area (Å²) in [6, 6.07) is 0. The summed E-state index contributed by atoms with van der Waals surface area (Å²) in [7, 11) is 0. The zero-order valence-electron chi connectivity index (χ0n) is 4.46. The van der Waals surface area contributed by atoms with Crippen LogP contribution >= 0.6 is 12.6 Å². The standard InChI is InChI=1S/C4H5N3OS/c5-3-2(9)4(8)7-1-6-3/h1,9H,(H3,5,6,7,8). The summed E-state index contributed by atoms with van der Waals surface area (Å²) >= 11 is 3.78. The predicted octanol–water partition coefficient (Wildman–Crippen LogP) is -0.359. The zero-order valence-corrected chi connectivity index (χ0v) is 5.35. The number of nitrogens with one attached hydrogen (secondary N) is 1. The van der Waals surface area contributed by atoms with Crippen molar-refractivity contribution in [3.8, 4) is 0 Å². The van der Waals surface area contributed by atoms with Gasteiger partial charge in [-0.2, -0.15) is 0 Å². The molecule has 0 saturated carbocycles. The van der Waals surface area contributed by atoms with Gasteiger partial charge in [0.25, 0.3) is 5.56 Å². The molecule has 0 aliphatic carbocycles. The molecule has 0 saturated heterocycles. The number of aromatic nitrogens is 2. The smallest absolute Gasteiger partial charge is 0.266 e. The molecule has 0 unspecified atom stereocenters. The molecule has 0 bridgehead atoms. The van der Waals surface area contributed by atoms with Gasteiger partial charge in [0.2, 0.25) is 0 Å². The van der Waals surface area contributed by atoms with Crippen molar-refractivity contribution in [2.75, 3.05) is 5.73 Å². The van der Waals surface area contributed by atoms with E-state index in [0.717, 1.165) is 0 Å². The average Bonchev–Trinajstić information content (AvgIpc) is 1.83. The van der Waals surface area contributed by atoms with Gasteiger partial charge in [-0.15, -0.1) is 12.6 Å². The van der Waals surface area contributed by atoms with Crippen LogP contribution in [0.4, 0.5) is 5.82 Å². The van der Waals surface area contributed by atoms with Crippen LogP contribution in [0.15, 0.2) is 16.0 Å². The summed E-state index contributed by atoms with van der Waals surface area (Å²) in [4.78, 5) is 16.7. The van der Waals surface area contributed by atoms with Gasteiger partial charge in [0.15, 0.2) is 0 Å². The highest BCUT2D eigenvalue weighted by Crippen LogP contribution is 2.02.